The topological polar surface area (TPSA) is 65.0 Å². The number of carbonyl (C=O) groups is 2. The van der Waals surface area contributed by atoms with E-state index in [1.54, 1.807) is 17.9 Å². The van der Waals surface area contributed by atoms with Crippen LogP contribution >= 0.6 is 11.8 Å². The zero-order valence-electron chi connectivity index (χ0n) is 21.3. The molecule has 1 saturated heterocycles. The quantitative estimate of drug-likeness (QED) is 0.366. The number of hydrogen-bond acceptors (Lipinski definition) is 5. The summed E-state index contributed by atoms with van der Waals surface area (Å²) in [5.41, 5.74) is -3.04. The molecule has 2 heterocycles. The summed E-state index contributed by atoms with van der Waals surface area (Å²) in [5, 5.41) is 8.54. The number of benzene rings is 1. The molecule has 2 aliphatic heterocycles. The number of rotatable bonds is 6. The molecule has 0 radical (unpaired) electrons. The number of piperidine rings is 1. The van der Waals surface area contributed by atoms with Gasteiger partial charge in [-0.05, 0) is 86.4 Å². The maximum absolute atomic E-state index is 12.8. The number of likely N-dealkylation sites (tertiary alicyclic amines) is 1. The third kappa shape index (κ3) is 6.98. The lowest BCUT2D eigenvalue weighted by molar-refractivity contribution is -0.136. The van der Waals surface area contributed by atoms with Gasteiger partial charge in [0.2, 0.25) is 0 Å². The minimum Gasteiger partial charge on any atom is -0.343 e. The van der Waals surface area contributed by atoms with Gasteiger partial charge >= 0.3 is 11.7 Å². The van der Waals surface area contributed by atoms with Gasteiger partial charge in [-0.25, -0.2) is 0 Å². The van der Waals surface area contributed by atoms with Crippen LogP contribution in [0.2, 0.25) is 0 Å². The minimum absolute atomic E-state index is 0.0215. The average Bonchev–Trinajstić information content (AvgIpc) is 3.18. The van der Waals surface area contributed by atoms with E-state index in [1.165, 1.54) is 30.3 Å². The molecule has 212 valence electrons. The van der Waals surface area contributed by atoms with E-state index in [0.29, 0.717) is 37.3 Å². The molecule has 1 aromatic rings. The summed E-state index contributed by atoms with van der Waals surface area (Å²) in [6.07, 6.45) is 0.131. The molecule has 2 amide bonds. The van der Waals surface area contributed by atoms with Crippen LogP contribution in [0.4, 0.5) is 26.3 Å². The van der Waals surface area contributed by atoms with Crippen LogP contribution in [0.15, 0.2) is 57.6 Å². The number of allylic oxidation sites excluding steroid dienone is 1. The number of alkyl halides is 6. The SMILES string of the molecule is CC1=C(C(=O)NCC(F)(F)F)C=CC2=NN(CC3CCN(C(=O)c4ccc(SC(F)(F)F)cc4)CC3)CC21C. The standard InChI is InChI=1S/C26H28F6N4O2S/c1-16-20(22(37)33-14-25(27,28)29)7-8-21-24(16,2)15-36(34-21)13-17-9-11-35(12-10-17)23(38)18-3-5-19(6-4-18)39-26(30,31)32/h3-8,17H,9-15H2,1-2H3,(H,33,37). The Balaban J connectivity index is 1.30. The second kappa shape index (κ2) is 10.9. The van der Waals surface area contributed by atoms with Crippen LogP contribution in [0.3, 0.4) is 0 Å². The molecule has 6 nitrogen and oxygen atoms in total. The molecular weight excluding hydrogens is 546 g/mol. The number of carbonyl (C=O) groups excluding carboxylic acids is 2. The van der Waals surface area contributed by atoms with Gasteiger partial charge in [0.15, 0.2) is 0 Å². The third-order valence-corrected chi connectivity index (χ3v) is 8.09. The van der Waals surface area contributed by atoms with Gasteiger partial charge in [0.1, 0.15) is 6.54 Å². The fraction of sp³-hybridized carbons (Fsp3) is 0.500. The smallest absolute Gasteiger partial charge is 0.343 e. The first-order valence-corrected chi connectivity index (χ1v) is 13.2. The second-order valence-corrected chi connectivity index (χ2v) is 11.3. The molecule has 1 N–H and O–H groups in total. The first kappa shape index (κ1) is 29.0. The number of nitrogens with one attached hydrogen (secondary N) is 1. The minimum atomic E-state index is -4.50. The van der Waals surface area contributed by atoms with Crippen LogP contribution in [-0.4, -0.2) is 71.8 Å². The van der Waals surface area contributed by atoms with Gasteiger partial charge in [-0.1, -0.05) is 0 Å². The molecule has 13 heteroatoms. The Kier molecular flexibility index (Phi) is 8.11. The Morgan fingerprint density at radius 2 is 1.72 bits per heavy atom. The monoisotopic (exact) mass is 574 g/mol. The Morgan fingerprint density at radius 3 is 2.31 bits per heavy atom. The molecule has 0 spiro atoms. The van der Waals surface area contributed by atoms with Crippen molar-refractivity contribution in [2.75, 3.05) is 32.7 Å². The van der Waals surface area contributed by atoms with Gasteiger partial charge in [-0.2, -0.15) is 31.4 Å². The molecule has 1 aliphatic carbocycles. The molecular formula is C26H28F6N4O2S. The van der Waals surface area contributed by atoms with Crippen molar-refractivity contribution in [2.45, 2.75) is 43.3 Å². The summed E-state index contributed by atoms with van der Waals surface area (Å²) in [5.74, 6) is -0.750. The fourth-order valence-electron chi connectivity index (χ4n) is 5.08. The first-order chi connectivity index (χ1) is 18.1. The van der Waals surface area contributed by atoms with Crippen LogP contribution in [0.5, 0.6) is 0 Å². The predicted molar refractivity (Wildman–Crippen MR) is 135 cm³/mol. The van der Waals surface area contributed by atoms with Gasteiger partial charge in [0.25, 0.3) is 11.8 Å². The number of nitrogens with zero attached hydrogens (tertiary/aromatic N) is 3. The van der Waals surface area contributed by atoms with Crippen molar-refractivity contribution in [2.24, 2.45) is 16.4 Å². The van der Waals surface area contributed by atoms with Crippen molar-refractivity contribution in [3.8, 4) is 0 Å². The van der Waals surface area contributed by atoms with E-state index in [0.717, 1.165) is 18.6 Å². The molecule has 1 atom stereocenters. The van der Waals surface area contributed by atoms with Gasteiger partial charge in [0, 0.05) is 35.7 Å². The Bertz CT molecular complexity index is 1200. The molecule has 0 bridgehead atoms. The first-order valence-electron chi connectivity index (χ1n) is 12.4. The van der Waals surface area contributed by atoms with E-state index in [-0.39, 0.29) is 34.1 Å². The number of thioether (sulfide) groups is 1. The van der Waals surface area contributed by atoms with Crippen LogP contribution < -0.4 is 5.32 Å². The highest BCUT2D eigenvalue weighted by Crippen LogP contribution is 2.41. The molecule has 1 fully saturated rings. The number of hydrazone groups is 1. The summed E-state index contributed by atoms with van der Waals surface area (Å²) in [6, 6.07) is 5.40. The van der Waals surface area contributed by atoms with E-state index in [9.17, 15) is 35.9 Å². The van der Waals surface area contributed by atoms with Crippen molar-refractivity contribution >= 4 is 29.3 Å². The fourth-order valence-corrected chi connectivity index (χ4v) is 5.62. The van der Waals surface area contributed by atoms with Crippen molar-refractivity contribution in [1.29, 1.82) is 0 Å². The van der Waals surface area contributed by atoms with Crippen molar-refractivity contribution in [3.63, 3.8) is 0 Å². The van der Waals surface area contributed by atoms with Gasteiger partial charge in [-0.3, -0.25) is 14.6 Å². The maximum Gasteiger partial charge on any atom is 0.446 e. The predicted octanol–water partition coefficient (Wildman–Crippen LogP) is 5.39. The molecule has 4 rings (SSSR count). The number of halogens is 6. The largest absolute Gasteiger partial charge is 0.446 e. The zero-order chi connectivity index (χ0) is 28.6. The van der Waals surface area contributed by atoms with Crippen LogP contribution in [0, 0.1) is 11.3 Å². The van der Waals surface area contributed by atoms with Crippen LogP contribution in [-0.2, 0) is 4.79 Å². The summed E-state index contributed by atoms with van der Waals surface area (Å²) >= 11 is -0.224. The van der Waals surface area contributed by atoms with Crippen molar-refractivity contribution in [3.05, 3.63) is 53.1 Å². The highest BCUT2D eigenvalue weighted by molar-refractivity contribution is 8.00. The lowest BCUT2D eigenvalue weighted by Crippen LogP contribution is -2.42. The highest BCUT2D eigenvalue weighted by Gasteiger charge is 2.43. The maximum atomic E-state index is 12.8. The lowest BCUT2D eigenvalue weighted by atomic mass is 9.73. The van der Waals surface area contributed by atoms with Crippen molar-refractivity contribution in [1.82, 2.24) is 15.2 Å². The number of hydrogen-bond donors (Lipinski definition) is 1. The van der Waals surface area contributed by atoms with Gasteiger partial charge < -0.3 is 10.2 Å². The van der Waals surface area contributed by atoms with E-state index in [4.69, 9.17) is 5.10 Å². The van der Waals surface area contributed by atoms with Crippen molar-refractivity contribution < 1.29 is 35.9 Å². The Hall–Kier alpha value is -2.96. The van der Waals surface area contributed by atoms with Gasteiger partial charge in [-0.15, -0.1) is 0 Å². The van der Waals surface area contributed by atoms with E-state index in [1.807, 2.05) is 17.2 Å². The Labute approximate surface area is 226 Å². The number of amides is 2. The van der Waals surface area contributed by atoms with E-state index >= 15 is 0 Å². The molecule has 39 heavy (non-hydrogen) atoms. The number of fused-ring (bicyclic) bond motifs is 1. The lowest BCUT2D eigenvalue weighted by Gasteiger charge is -2.35. The average molecular weight is 575 g/mol. The normalized spacial score (nSPS) is 22.2. The summed E-state index contributed by atoms with van der Waals surface area (Å²) < 4.78 is 75.2. The summed E-state index contributed by atoms with van der Waals surface area (Å²) in [4.78, 5) is 26.9. The Morgan fingerprint density at radius 1 is 1.08 bits per heavy atom. The van der Waals surface area contributed by atoms with E-state index in [2.05, 4.69) is 0 Å². The zero-order valence-corrected chi connectivity index (χ0v) is 22.1. The molecule has 0 saturated carbocycles. The molecule has 3 aliphatic rings. The summed E-state index contributed by atoms with van der Waals surface area (Å²) in [7, 11) is 0. The highest BCUT2D eigenvalue weighted by atomic mass is 32.2. The van der Waals surface area contributed by atoms with Gasteiger partial charge in [0.05, 0.1) is 17.7 Å². The molecule has 0 aromatic heterocycles. The van der Waals surface area contributed by atoms with Crippen LogP contribution in [0.1, 0.15) is 37.0 Å². The third-order valence-electron chi connectivity index (χ3n) is 7.35. The molecule has 1 unspecified atom stereocenters. The summed E-state index contributed by atoms with van der Waals surface area (Å²) in [6.45, 7) is 4.38. The van der Waals surface area contributed by atoms with E-state index < -0.39 is 29.6 Å². The second-order valence-electron chi connectivity index (χ2n) is 10.1. The van der Waals surface area contributed by atoms with Crippen LogP contribution in [0.25, 0.3) is 0 Å². The molecule has 1 aromatic carbocycles.